The first kappa shape index (κ1) is 22.4. The van der Waals surface area contributed by atoms with E-state index >= 15 is 0 Å². The zero-order valence-corrected chi connectivity index (χ0v) is 18.8. The van der Waals surface area contributed by atoms with Gasteiger partial charge in [-0.15, -0.1) is 6.58 Å². The third-order valence-electron chi connectivity index (χ3n) is 6.94. The summed E-state index contributed by atoms with van der Waals surface area (Å²) in [5, 5.41) is 0. The zero-order chi connectivity index (χ0) is 21.3. The van der Waals surface area contributed by atoms with Gasteiger partial charge in [0.15, 0.2) is 0 Å². The molecule has 2 aliphatic rings. The summed E-state index contributed by atoms with van der Waals surface area (Å²) in [4.78, 5) is 31.2. The molecule has 28 heavy (non-hydrogen) atoms. The fraction of sp³-hybridized carbons (Fsp3) is 0.667. The molecule has 4 nitrogen and oxygen atoms in total. The number of amides is 2. The van der Waals surface area contributed by atoms with Gasteiger partial charge in [-0.05, 0) is 52.4 Å². The molecule has 0 aromatic carbocycles. The van der Waals surface area contributed by atoms with Gasteiger partial charge in [0.2, 0.25) is 11.8 Å². The molecule has 0 unspecified atom stereocenters. The third-order valence-corrected chi connectivity index (χ3v) is 6.94. The highest BCUT2D eigenvalue weighted by atomic mass is 16.2. The number of carbonyl (C=O) groups is 2. The largest absolute Gasteiger partial charge is 0.314 e. The molecule has 3 atom stereocenters. The van der Waals surface area contributed by atoms with Crippen LogP contribution in [0.1, 0.15) is 74.1 Å². The highest BCUT2D eigenvalue weighted by Gasteiger charge is 2.56. The van der Waals surface area contributed by atoms with Gasteiger partial charge in [-0.25, -0.2) is 0 Å². The van der Waals surface area contributed by atoms with Crippen LogP contribution in [0.5, 0.6) is 0 Å². The number of allylic oxidation sites excluding steroid dienone is 1. The quantitative estimate of drug-likeness (QED) is 0.583. The molecule has 0 fully saturated rings. The topological polar surface area (TPSA) is 40.6 Å². The van der Waals surface area contributed by atoms with Crippen molar-refractivity contribution in [3.63, 3.8) is 0 Å². The third kappa shape index (κ3) is 3.35. The molecular formula is C24H38N2O2. The van der Waals surface area contributed by atoms with Crippen molar-refractivity contribution in [2.75, 3.05) is 0 Å². The van der Waals surface area contributed by atoms with E-state index < -0.39 is 5.41 Å². The molecule has 4 heteroatoms. The van der Waals surface area contributed by atoms with Crippen molar-refractivity contribution in [2.45, 2.75) is 85.7 Å². The van der Waals surface area contributed by atoms with Gasteiger partial charge in [0, 0.05) is 23.4 Å². The number of carbonyl (C=O) groups excluding carboxylic acids is 2. The monoisotopic (exact) mass is 386 g/mol. The maximum atomic E-state index is 13.8. The van der Waals surface area contributed by atoms with E-state index in [-0.39, 0.29) is 34.7 Å². The first-order chi connectivity index (χ1) is 13.0. The Kier molecular flexibility index (Phi) is 6.32. The zero-order valence-electron chi connectivity index (χ0n) is 18.8. The molecule has 0 radical (unpaired) electrons. The molecule has 2 amide bonds. The van der Waals surface area contributed by atoms with Gasteiger partial charge >= 0.3 is 0 Å². The summed E-state index contributed by atoms with van der Waals surface area (Å²) in [6.07, 6.45) is 12.6. The van der Waals surface area contributed by atoms with Crippen molar-refractivity contribution in [3.8, 4) is 0 Å². The van der Waals surface area contributed by atoms with Crippen molar-refractivity contribution in [2.24, 2.45) is 16.7 Å². The van der Waals surface area contributed by atoms with E-state index in [2.05, 4.69) is 40.3 Å². The summed E-state index contributed by atoms with van der Waals surface area (Å²) in [5.74, 6) is 0.245. The Balaban J connectivity index is 2.58. The van der Waals surface area contributed by atoms with Crippen molar-refractivity contribution >= 4 is 11.8 Å². The van der Waals surface area contributed by atoms with Crippen LogP contribution in [-0.2, 0) is 9.59 Å². The van der Waals surface area contributed by atoms with Crippen molar-refractivity contribution in [1.29, 1.82) is 0 Å². The molecule has 0 saturated heterocycles. The van der Waals surface area contributed by atoms with Crippen molar-refractivity contribution < 1.29 is 9.59 Å². The maximum absolute atomic E-state index is 13.8. The number of fused-ring (bicyclic) bond motifs is 1. The predicted molar refractivity (Wildman–Crippen MR) is 115 cm³/mol. The lowest BCUT2D eigenvalue weighted by Gasteiger charge is -2.44. The lowest BCUT2D eigenvalue weighted by molar-refractivity contribution is -0.149. The molecule has 0 aromatic heterocycles. The minimum absolute atomic E-state index is 0.0483. The lowest BCUT2D eigenvalue weighted by Crippen LogP contribution is -2.56. The van der Waals surface area contributed by atoms with Crippen LogP contribution in [0.3, 0.4) is 0 Å². The molecule has 2 rings (SSSR count). The Morgan fingerprint density at radius 1 is 1.18 bits per heavy atom. The fourth-order valence-corrected chi connectivity index (χ4v) is 4.91. The predicted octanol–water partition coefficient (Wildman–Crippen LogP) is 5.28. The molecular weight excluding hydrogens is 348 g/mol. The highest BCUT2D eigenvalue weighted by molar-refractivity contribution is 5.92. The molecule has 0 spiro atoms. The van der Waals surface area contributed by atoms with Gasteiger partial charge in [-0.2, -0.15) is 0 Å². The van der Waals surface area contributed by atoms with Gasteiger partial charge < -0.3 is 9.80 Å². The first-order valence-electron chi connectivity index (χ1n) is 10.7. The van der Waals surface area contributed by atoms with Crippen molar-refractivity contribution in [3.05, 3.63) is 37.2 Å². The van der Waals surface area contributed by atoms with E-state index in [4.69, 9.17) is 0 Å². The standard InChI is InChI=1S/C24H38N2O2/c1-9-14-24-15-17-25(20(27)23(10-2,11-3)12-4)19(24)18(5)13-16-26(21(24)28)22(6,7)8/h9,13,15-19H,1,10-12,14H2,2-8H3/t18-,19+,24+/m0/s1. The van der Waals surface area contributed by atoms with Crippen molar-refractivity contribution in [1.82, 2.24) is 9.80 Å². The molecule has 0 bridgehead atoms. The Morgan fingerprint density at radius 2 is 1.75 bits per heavy atom. The molecule has 0 aromatic rings. The maximum Gasteiger partial charge on any atom is 0.239 e. The number of hydrogen-bond acceptors (Lipinski definition) is 2. The normalized spacial score (nSPS) is 27.8. The van der Waals surface area contributed by atoms with Crippen LogP contribution in [0.2, 0.25) is 0 Å². The summed E-state index contributed by atoms with van der Waals surface area (Å²) in [6.45, 7) is 18.4. The van der Waals surface area contributed by atoms with E-state index in [0.29, 0.717) is 6.42 Å². The van der Waals surface area contributed by atoms with Crippen LogP contribution in [0, 0.1) is 16.7 Å². The number of hydrogen-bond donors (Lipinski definition) is 0. The first-order valence-corrected chi connectivity index (χ1v) is 10.7. The number of nitrogens with zero attached hydrogens (tertiary/aromatic N) is 2. The van der Waals surface area contributed by atoms with Gasteiger partial charge in [0.05, 0.1) is 11.5 Å². The smallest absolute Gasteiger partial charge is 0.239 e. The average molecular weight is 387 g/mol. The van der Waals surface area contributed by atoms with Crippen LogP contribution < -0.4 is 0 Å². The van der Waals surface area contributed by atoms with Crippen LogP contribution >= 0.6 is 0 Å². The molecule has 156 valence electrons. The Morgan fingerprint density at radius 3 is 2.21 bits per heavy atom. The Hall–Kier alpha value is -1.84. The van der Waals surface area contributed by atoms with E-state index in [1.165, 1.54) is 0 Å². The van der Waals surface area contributed by atoms with Crippen LogP contribution in [0.15, 0.2) is 37.2 Å². The second-order valence-corrected chi connectivity index (χ2v) is 9.39. The summed E-state index contributed by atoms with van der Waals surface area (Å²) < 4.78 is 0. The summed E-state index contributed by atoms with van der Waals surface area (Å²) in [6, 6.07) is -0.224. The van der Waals surface area contributed by atoms with Gasteiger partial charge in [0.1, 0.15) is 0 Å². The SMILES string of the molecule is C=CC[C@@]12C=CN(C(=O)C(CC)(CC)CC)[C@@H]1[C@@H](C)C=CN(C(C)(C)C)C2=O. The van der Waals surface area contributed by atoms with Crippen LogP contribution in [0.25, 0.3) is 0 Å². The number of rotatable bonds is 6. The molecule has 0 aliphatic carbocycles. The molecule has 2 aliphatic heterocycles. The van der Waals surface area contributed by atoms with E-state index in [9.17, 15) is 9.59 Å². The summed E-state index contributed by atoms with van der Waals surface area (Å²) in [7, 11) is 0. The Labute approximate surface area is 171 Å². The second-order valence-electron chi connectivity index (χ2n) is 9.39. The molecule has 0 N–H and O–H groups in total. The molecule has 2 heterocycles. The Bertz CT molecular complexity index is 673. The van der Waals surface area contributed by atoms with E-state index in [1.54, 1.807) is 0 Å². The minimum atomic E-state index is -0.769. The van der Waals surface area contributed by atoms with E-state index in [0.717, 1.165) is 19.3 Å². The van der Waals surface area contributed by atoms with Gasteiger partial charge in [0.25, 0.3) is 0 Å². The summed E-state index contributed by atoms with van der Waals surface area (Å²) >= 11 is 0. The second kappa shape index (κ2) is 7.88. The highest BCUT2D eigenvalue weighted by Crippen LogP contribution is 2.48. The lowest BCUT2D eigenvalue weighted by atomic mass is 9.71. The molecule has 0 saturated carbocycles. The van der Waals surface area contributed by atoms with Crippen LogP contribution in [0.4, 0.5) is 0 Å². The van der Waals surface area contributed by atoms with Gasteiger partial charge in [-0.3, -0.25) is 9.59 Å². The average Bonchev–Trinajstić information content (AvgIpc) is 2.98. The van der Waals surface area contributed by atoms with Gasteiger partial charge in [-0.1, -0.05) is 45.9 Å². The van der Waals surface area contributed by atoms with E-state index in [1.807, 2.05) is 55.1 Å². The summed E-state index contributed by atoms with van der Waals surface area (Å²) in [5.41, 5.74) is -1.48. The minimum Gasteiger partial charge on any atom is -0.314 e. The van der Waals surface area contributed by atoms with Crippen LogP contribution in [-0.4, -0.2) is 33.2 Å². The fourth-order valence-electron chi connectivity index (χ4n) is 4.91.